The second kappa shape index (κ2) is 6.21. The number of benzene rings is 1. The highest BCUT2D eigenvalue weighted by Gasteiger charge is 2.06. The summed E-state index contributed by atoms with van der Waals surface area (Å²) in [5.74, 6) is 0. The van der Waals surface area contributed by atoms with Gasteiger partial charge in [-0.3, -0.25) is 0 Å². The molecule has 0 aliphatic carbocycles. The minimum Gasteiger partial charge on any atom is -0.350 e. The van der Waals surface area contributed by atoms with E-state index >= 15 is 0 Å². The van der Waals surface area contributed by atoms with E-state index in [-0.39, 0.29) is 0 Å². The predicted octanol–water partition coefficient (Wildman–Crippen LogP) is 3.97. The van der Waals surface area contributed by atoms with Crippen LogP contribution in [0.5, 0.6) is 0 Å². The van der Waals surface area contributed by atoms with Crippen molar-refractivity contribution in [1.82, 2.24) is 9.88 Å². The van der Waals surface area contributed by atoms with Gasteiger partial charge in [0.25, 0.3) is 0 Å². The fourth-order valence-electron chi connectivity index (χ4n) is 2.06. The van der Waals surface area contributed by atoms with Crippen molar-refractivity contribution in [2.45, 2.75) is 26.4 Å². The fraction of sp³-hybridized carbons (Fsp3) is 0.333. The molecule has 1 unspecified atom stereocenters. The molecule has 0 amide bonds. The Labute approximate surface area is 117 Å². The van der Waals surface area contributed by atoms with Gasteiger partial charge in [-0.2, -0.15) is 0 Å². The maximum atomic E-state index is 3.59. The third kappa shape index (κ3) is 3.24. The highest BCUT2D eigenvalue weighted by Crippen LogP contribution is 2.19. The highest BCUT2D eigenvalue weighted by molar-refractivity contribution is 9.10. The van der Waals surface area contributed by atoms with Crippen molar-refractivity contribution in [1.29, 1.82) is 0 Å². The van der Waals surface area contributed by atoms with E-state index in [1.807, 2.05) is 6.07 Å². The van der Waals surface area contributed by atoms with Crippen molar-refractivity contribution < 1.29 is 0 Å². The number of rotatable bonds is 5. The van der Waals surface area contributed by atoms with Gasteiger partial charge in [0, 0.05) is 29.5 Å². The van der Waals surface area contributed by atoms with Crippen LogP contribution in [-0.2, 0) is 6.54 Å². The van der Waals surface area contributed by atoms with Gasteiger partial charge < -0.3 is 9.88 Å². The molecule has 3 heteroatoms. The monoisotopic (exact) mass is 306 g/mol. The van der Waals surface area contributed by atoms with Crippen molar-refractivity contribution in [2.75, 3.05) is 6.54 Å². The number of halogens is 1. The first-order chi connectivity index (χ1) is 8.70. The molecule has 0 bridgehead atoms. The predicted molar refractivity (Wildman–Crippen MR) is 79.8 cm³/mol. The zero-order valence-electron chi connectivity index (χ0n) is 10.9. The summed E-state index contributed by atoms with van der Waals surface area (Å²) in [6, 6.07) is 11.0. The first-order valence-corrected chi connectivity index (χ1v) is 7.12. The van der Waals surface area contributed by atoms with Gasteiger partial charge in [0.1, 0.15) is 0 Å². The second-order valence-corrected chi connectivity index (χ2v) is 5.34. The van der Waals surface area contributed by atoms with E-state index in [1.54, 1.807) is 0 Å². The van der Waals surface area contributed by atoms with Crippen LogP contribution in [0.15, 0.2) is 47.2 Å². The summed E-state index contributed by atoms with van der Waals surface area (Å²) in [6.07, 6.45) is 4.36. The maximum absolute atomic E-state index is 3.59. The molecule has 0 aliphatic heterocycles. The fourth-order valence-corrected chi connectivity index (χ4v) is 2.47. The molecule has 0 saturated heterocycles. The number of hydrogen-bond acceptors (Lipinski definition) is 1. The molecule has 1 N–H and O–H groups in total. The van der Waals surface area contributed by atoms with E-state index in [1.165, 1.54) is 15.6 Å². The summed E-state index contributed by atoms with van der Waals surface area (Å²) in [4.78, 5) is 0. The average molecular weight is 307 g/mol. The Bertz CT molecular complexity index is 505. The third-order valence-corrected chi connectivity index (χ3v) is 3.87. The van der Waals surface area contributed by atoms with E-state index < -0.39 is 0 Å². The topological polar surface area (TPSA) is 17.0 Å². The molecule has 0 radical (unpaired) electrons. The molecule has 1 aromatic heterocycles. The first kappa shape index (κ1) is 13.4. The van der Waals surface area contributed by atoms with Crippen LogP contribution < -0.4 is 5.32 Å². The second-order valence-electron chi connectivity index (χ2n) is 4.49. The number of nitrogens with zero attached hydrogens (tertiary/aromatic N) is 1. The Hall–Kier alpha value is -1.06. The van der Waals surface area contributed by atoms with Gasteiger partial charge in [0.05, 0.1) is 0 Å². The molecule has 2 nitrogen and oxygen atoms in total. The van der Waals surface area contributed by atoms with Crippen LogP contribution in [0.4, 0.5) is 0 Å². The van der Waals surface area contributed by atoms with Gasteiger partial charge >= 0.3 is 0 Å². The third-order valence-electron chi connectivity index (χ3n) is 3.09. The van der Waals surface area contributed by atoms with Crippen molar-refractivity contribution in [3.05, 3.63) is 58.3 Å². The molecule has 1 heterocycles. The Morgan fingerprint density at radius 3 is 2.78 bits per heavy atom. The number of aromatic nitrogens is 1. The van der Waals surface area contributed by atoms with Crippen molar-refractivity contribution in [3.63, 3.8) is 0 Å². The minimum absolute atomic E-state index is 0.412. The Morgan fingerprint density at radius 2 is 2.06 bits per heavy atom. The smallest absolute Gasteiger partial charge is 0.0481 e. The molecule has 2 rings (SSSR count). The Balaban J connectivity index is 2.09. The minimum atomic E-state index is 0.412. The molecule has 2 aromatic rings. The van der Waals surface area contributed by atoms with E-state index in [0.717, 1.165) is 13.1 Å². The molecule has 0 aliphatic rings. The molecular formula is C15H19BrN2. The van der Waals surface area contributed by atoms with Gasteiger partial charge in [0.15, 0.2) is 0 Å². The van der Waals surface area contributed by atoms with Crippen LogP contribution in [0.1, 0.15) is 31.0 Å². The molecule has 1 atom stereocenters. The maximum Gasteiger partial charge on any atom is 0.0481 e. The quantitative estimate of drug-likeness (QED) is 0.884. The van der Waals surface area contributed by atoms with Gasteiger partial charge in [-0.1, -0.05) is 41.1 Å². The molecule has 1 aromatic carbocycles. The van der Waals surface area contributed by atoms with Crippen LogP contribution in [0.3, 0.4) is 0 Å². The van der Waals surface area contributed by atoms with Gasteiger partial charge in [-0.05, 0) is 36.7 Å². The van der Waals surface area contributed by atoms with Gasteiger partial charge in [-0.15, -0.1) is 0 Å². The van der Waals surface area contributed by atoms with Crippen molar-refractivity contribution in [3.8, 4) is 0 Å². The summed E-state index contributed by atoms with van der Waals surface area (Å²) >= 11 is 3.59. The zero-order valence-corrected chi connectivity index (χ0v) is 12.4. The van der Waals surface area contributed by atoms with Crippen molar-refractivity contribution in [2.24, 2.45) is 0 Å². The van der Waals surface area contributed by atoms with Crippen LogP contribution in [0, 0.1) is 0 Å². The average Bonchev–Trinajstić information content (AvgIpc) is 2.81. The summed E-state index contributed by atoms with van der Waals surface area (Å²) < 4.78 is 3.39. The molecule has 18 heavy (non-hydrogen) atoms. The molecular weight excluding hydrogens is 288 g/mol. The van der Waals surface area contributed by atoms with E-state index in [4.69, 9.17) is 0 Å². The number of hydrogen-bond donors (Lipinski definition) is 1. The molecule has 0 fully saturated rings. The largest absolute Gasteiger partial charge is 0.350 e. The highest BCUT2D eigenvalue weighted by atomic mass is 79.9. The lowest BCUT2D eigenvalue weighted by Gasteiger charge is -2.10. The van der Waals surface area contributed by atoms with Gasteiger partial charge in [-0.25, -0.2) is 0 Å². The lowest BCUT2D eigenvalue weighted by atomic mass is 10.2. The normalized spacial score (nSPS) is 12.6. The summed E-state index contributed by atoms with van der Waals surface area (Å²) in [6.45, 7) is 6.23. The van der Waals surface area contributed by atoms with Crippen LogP contribution in [0.2, 0.25) is 0 Å². The summed E-state index contributed by atoms with van der Waals surface area (Å²) in [7, 11) is 0. The first-order valence-electron chi connectivity index (χ1n) is 6.33. The van der Waals surface area contributed by atoms with E-state index in [9.17, 15) is 0 Å². The Morgan fingerprint density at radius 1 is 1.28 bits per heavy atom. The van der Waals surface area contributed by atoms with Crippen molar-refractivity contribution >= 4 is 15.9 Å². The number of nitrogens with one attached hydrogen (secondary N) is 1. The summed E-state index contributed by atoms with van der Waals surface area (Å²) in [5.41, 5.74) is 2.64. The molecule has 96 valence electrons. The Kier molecular flexibility index (Phi) is 4.61. The van der Waals surface area contributed by atoms with Crippen LogP contribution in [-0.4, -0.2) is 11.1 Å². The zero-order chi connectivity index (χ0) is 13.0. The van der Waals surface area contributed by atoms with Gasteiger partial charge in [0.2, 0.25) is 0 Å². The van der Waals surface area contributed by atoms with Crippen LogP contribution in [0.25, 0.3) is 0 Å². The molecule has 0 spiro atoms. The summed E-state index contributed by atoms with van der Waals surface area (Å²) in [5, 5.41) is 3.43. The lowest BCUT2D eigenvalue weighted by Crippen LogP contribution is -2.17. The SMILES string of the molecule is CCNC(C)c1ccn(Cc2ccccc2Br)c1. The lowest BCUT2D eigenvalue weighted by molar-refractivity contribution is 0.596. The van der Waals surface area contributed by atoms with E-state index in [0.29, 0.717) is 6.04 Å². The van der Waals surface area contributed by atoms with Crippen LogP contribution >= 0.6 is 15.9 Å². The standard InChI is InChI=1S/C15H19BrN2/c1-3-17-12(2)13-8-9-18(10-13)11-14-6-4-5-7-15(14)16/h4-10,12,17H,3,11H2,1-2H3. The molecule has 0 saturated carbocycles. The van der Waals surface area contributed by atoms with E-state index in [2.05, 4.69) is 76.3 Å².